The summed E-state index contributed by atoms with van der Waals surface area (Å²) in [5.74, 6) is 0. The topological polar surface area (TPSA) is 25.4 Å². The van der Waals surface area contributed by atoms with Crippen molar-refractivity contribution in [3.05, 3.63) is 24.3 Å². The zero-order chi connectivity index (χ0) is 14.2. The van der Waals surface area contributed by atoms with Crippen LogP contribution >= 0.6 is 11.3 Å². The smallest absolute Gasteiger partial charge is 0.274 e. The number of benzene rings is 1. The summed E-state index contributed by atoms with van der Waals surface area (Å²) in [6.45, 7) is 5.07. The zero-order valence-corrected chi connectivity index (χ0v) is 13.3. The number of aromatic nitrogens is 1. The van der Waals surface area contributed by atoms with Crippen LogP contribution in [0.2, 0.25) is 0 Å². The standard InChI is InChI=1S/C16H24N2OS/c1-3-4-5-8-11-18(2)12-13-19-16-17-14-9-6-7-10-15(14)20-16/h6-7,9-10H,3-5,8,11-13H2,1-2H3. The average molecular weight is 292 g/mol. The molecule has 0 radical (unpaired) electrons. The highest BCUT2D eigenvalue weighted by Crippen LogP contribution is 2.27. The molecule has 0 saturated heterocycles. The summed E-state index contributed by atoms with van der Waals surface area (Å²) in [6, 6.07) is 8.16. The molecule has 0 fully saturated rings. The normalized spacial score (nSPS) is 11.3. The number of hydrogen-bond acceptors (Lipinski definition) is 4. The number of hydrogen-bond donors (Lipinski definition) is 0. The Bertz CT molecular complexity index is 479. The van der Waals surface area contributed by atoms with E-state index in [1.807, 2.05) is 18.2 Å². The maximum Gasteiger partial charge on any atom is 0.274 e. The Labute approximate surface area is 125 Å². The van der Waals surface area contributed by atoms with Crippen LogP contribution in [0.5, 0.6) is 5.19 Å². The fraction of sp³-hybridized carbons (Fsp3) is 0.562. The van der Waals surface area contributed by atoms with Crippen LogP contribution in [0, 0.1) is 0 Å². The van der Waals surface area contributed by atoms with Crippen LogP contribution in [0.25, 0.3) is 10.2 Å². The Kier molecular flexibility index (Phi) is 6.27. The van der Waals surface area contributed by atoms with Gasteiger partial charge in [0.25, 0.3) is 5.19 Å². The number of para-hydroxylation sites is 1. The van der Waals surface area contributed by atoms with E-state index >= 15 is 0 Å². The van der Waals surface area contributed by atoms with Gasteiger partial charge in [0, 0.05) is 6.54 Å². The van der Waals surface area contributed by atoms with E-state index in [4.69, 9.17) is 4.74 Å². The minimum absolute atomic E-state index is 0.712. The second-order valence-corrected chi connectivity index (χ2v) is 6.15. The Balaban J connectivity index is 1.67. The Morgan fingerprint density at radius 1 is 1.15 bits per heavy atom. The molecule has 0 aliphatic carbocycles. The van der Waals surface area contributed by atoms with E-state index in [0.717, 1.165) is 23.8 Å². The van der Waals surface area contributed by atoms with Crippen molar-refractivity contribution in [2.24, 2.45) is 0 Å². The molecule has 0 amide bonds. The van der Waals surface area contributed by atoms with Crippen LogP contribution in [0.3, 0.4) is 0 Å². The molecule has 1 aromatic carbocycles. The van der Waals surface area contributed by atoms with Crippen molar-refractivity contribution in [2.75, 3.05) is 26.7 Å². The number of thiazole rings is 1. The molecule has 2 aromatic rings. The number of unbranched alkanes of at least 4 members (excludes halogenated alkanes) is 3. The lowest BCUT2D eigenvalue weighted by molar-refractivity contribution is 0.234. The fourth-order valence-corrected chi connectivity index (χ4v) is 2.96. The monoisotopic (exact) mass is 292 g/mol. The van der Waals surface area contributed by atoms with Gasteiger partial charge in [-0.05, 0) is 32.1 Å². The summed E-state index contributed by atoms with van der Waals surface area (Å²) in [5.41, 5.74) is 1.03. The van der Waals surface area contributed by atoms with Gasteiger partial charge in [0.2, 0.25) is 0 Å². The molecule has 3 nitrogen and oxygen atoms in total. The van der Waals surface area contributed by atoms with Crippen LogP contribution < -0.4 is 4.74 Å². The zero-order valence-electron chi connectivity index (χ0n) is 12.5. The minimum Gasteiger partial charge on any atom is -0.469 e. The summed E-state index contributed by atoms with van der Waals surface area (Å²) in [4.78, 5) is 6.81. The summed E-state index contributed by atoms with van der Waals surface area (Å²) < 4.78 is 6.95. The predicted octanol–water partition coefficient (Wildman–Crippen LogP) is 4.19. The van der Waals surface area contributed by atoms with Crippen molar-refractivity contribution in [1.82, 2.24) is 9.88 Å². The summed E-state index contributed by atoms with van der Waals surface area (Å²) in [6.07, 6.45) is 5.26. The molecule has 2 rings (SSSR count). The molecule has 0 atom stereocenters. The van der Waals surface area contributed by atoms with Crippen LogP contribution in [0.1, 0.15) is 32.6 Å². The minimum atomic E-state index is 0.712. The van der Waals surface area contributed by atoms with Gasteiger partial charge in [-0.1, -0.05) is 49.7 Å². The number of fused-ring (bicyclic) bond motifs is 1. The molecule has 0 unspecified atom stereocenters. The van der Waals surface area contributed by atoms with E-state index in [2.05, 4.69) is 29.9 Å². The van der Waals surface area contributed by atoms with Crippen LogP contribution in [-0.4, -0.2) is 36.6 Å². The van der Waals surface area contributed by atoms with Gasteiger partial charge in [0.15, 0.2) is 0 Å². The summed E-state index contributed by atoms with van der Waals surface area (Å²) in [7, 11) is 2.16. The largest absolute Gasteiger partial charge is 0.469 e. The highest BCUT2D eigenvalue weighted by atomic mass is 32.1. The molecule has 1 aromatic heterocycles. The van der Waals surface area contributed by atoms with Gasteiger partial charge in [-0.2, -0.15) is 0 Å². The number of rotatable bonds is 9. The molecular formula is C16H24N2OS. The highest BCUT2D eigenvalue weighted by Gasteiger charge is 2.04. The molecule has 0 spiro atoms. The third-order valence-corrected chi connectivity index (χ3v) is 4.32. The van der Waals surface area contributed by atoms with Crippen LogP contribution in [-0.2, 0) is 0 Å². The average Bonchev–Trinajstić information content (AvgIpc) is 2.86. The van der Waals surface area contributed by atoms with E-state index < -0.39 is 0 Å². The first-order valence-corrected chi connectivity index (χ1v) is 8.28. The van der Waals surface area contributed by atoms with Crippen LogP contribution in [0.4, 0.5) is 0 Å². The number of ether oxygens (including phenoxy) is 1. The summed E-state index contributed by atoms with van der Waals surface area (Å²) >= 11 is 1.62. The van der Waals surface area contributed by atoms with Crippen molar-refractivity contribution in [1.29, 1.82) is 0 Å². The van der Waals surface area contributed by atoms with Gasteiger partial charge in [-0.3, -0.25) is 0 Å². The predicted molar refractivity (Wildman–Crippen MR) is 86.8 cm³/mol. The molecule has 1 heterocycles. The lowest BCUT2D eigenvalue weighted by Gasteiger charge is -2.15. The van der Waals surface area contributed by atoms with Crippen molar-refractivity contribution in [3.8, 4) is 5.19 Å². The van der Waals surface area contributed by atoms with Crippen molar-refractivity contribution in [2.45, 2.75) is 32.6 Å². The molecule has 4 heteroatoms. The van der Waals surface area contributed by atoms with Crippen molar-refractivity contribution >= 4 is 21.6 Å². The fourth-order valence-electron chi connectivity index (χ4n) is 2.12. The van der Waals surface area contributed by atoms with Gasteiger partial charge in [-0.25, -0.2) is 4.98 Å². The molecule has 0 saturated carbocycles. The third kappa shape index (κ3) is 4.76. The molecule has 110 valence electrons. The first-order chi connectivity index (χ1) is 9.79. The SMILES string of the molecule is CCCCCCN(C)CCOc1nc2ccccc2s1. The Morgan fingerprint density at radius 3 is 2.80 bits per heavy atom. The van der Waals surface area contributed by atoms with E-state index in [9.17, 15) is 0 Å². The molecule has 0 N–H and O–H groups in total. The first-order valence-electron chi connectivity index (χ1n) is 7.46. The number of nitrogens with zero attached hydrogens (tertiary/aromatic N) is 2. The maximum absolute atomic E-state index is 5.75. The van der Waals surface area contributed by atoms with E-state index in [1.54, 1.807) is 11.3 Å². The van der Waals surface area contributed by atoms with Gasteiger partial charge in [0.1, 0.15) is 6.61 Å². The van der Waals surface area contributed by atoms with Crippen LogP contribution in [0.15, 0.2) is 24.3 Å². The quantitative estimate of drug-likeness (QED) is 0.648. The third-order valence-electron chi connectivity index (χ3n) is 3.37. The van der Waals surface area contributed by atoms with Gasteiger partial charge >= 0.3 is 0 Å². The molecule has 0 aliphatic heterocycles. The molecule has 0 aliphatic rings. The summed E-state index contributed by atoms with van der Waals surface area (Å²) in [5, 5.41) is 0.783. The van der Waals surface area contributed by atoms with Gasteiger partial charge < -0.3 is 9.64 Å². The van der Waals surface area contributed by atoms with Gasteiger partial charge in [0.05, 0.1) is 10.2 Å². The lowest BCUT2D eigenvalue weighted by Crippen LogP contribution is -2.25. The number of likely N-dealkylation sites (N-methyl/N-ethyl adjacent to an activating group) is 1. The molecule has 20 heavy (non-hydrogen) atoms. The highest BCUT2D eigenvalue weighted by molar-refractivity contribution is 7.20. The lowest BCUT2D eigenvalue weighted by atomic mass is 10.2. The molecule has 0 bridgehead atoms. The van der Waals surface area contributed by atoms with E-state index in [-0.39, 0.29) is 0 Å². The van der Waals surface area contributed by atoms with E-state index in [0.29, 0.717) is 6.61 Å². The Hall–Kier alpha value is -1.13. The maximum atomic E-state index is 5.75. The molecular weight excluding hydrogens is 268 g/mol. The first kappa shape index (κ1) is 15.3. The Morgan fingerprint density at radius 2 is 2.00 bits per heavy atom. The second-order valence-electron chi connectivity index (χ2n) is 5.16. The second kappa shape index (κ2) is 8.22. The van der Waals surface area contributed by atoms with Crippen molar-refractivity contribution < 1.29 is 4.74 Å². The van der Waals surface area contributed by atoms with Gasteiger partial charge in [-0.15, -0.1) is 0 Å². The van der Waals surface area contributed by atoms with Crippen molar-refractivity contribution in [3.63, 3.8) is 0 Å². The van der Waals surface area contributed by atoms with E-state index in [1.165, 1.54) is 30.4 Å².